The topological polar surface area (TPSA) is 90.0 Å². The summed E-state index contributed by atoms with van der Waals surface area (Å²) in [5, 5.41) is 5.40. The van der Waals surface area contributed by atoms with Crippen molar-refractivity contribution in [2.75, 3.05) is 20.8 Å². The number of hydrogen-bond acceptors (Lipinski definition) is 7. The van der Waals surface area contributed by atoms with Crippen LogP contribution in [-0.2, 0) is 22.6 Å². The fraction of sp³-hybridized carbons (Fsp3) is 0.353. The Bertz CT molecular complexity index is 758. The highest BCUT2D eigenvalue weighted by Gasteiger charge is 2.38. The van der Waals surface area contributed by atoms with Crippen LogP contribution in [0.25, 0.3) is 0 Å². The fourth-order valence-corrected chi connectivity index (χ4v) is 3.21. The summed E-state index contributed by atoms with van der Waals surface area (Å²) in [4.78, 5) is 30.0. The fourth-order valence-electron chi connectivity index (χ4n) is 2.59. The van der Waals surface area contributed by atoms with Crippen molar-refractivity contribution in [3.8, 4) is 11.5 Å². The number of ether oxygens (including phenoxy) is 3. The summed E-state index contributed by atoms with van der Waals surface area (Å²) < 4.78 is 15.5. The minimum absolute atomic E-state index is 0.0253. The molecule has 26 heavy (non-hydrogen) atoms. The maximum Gasteiger partial charge on any atom is 0.411 e. The molecule has 1 aliphatic rings. The molecule has 0 saturated carbocycles. The van der Waals surface area contributed by atoms with Gasteiger partial charge in [-0.1, -0.05) is 0 Å². The van der Waals surface area contributed by atoms with Gasteiger partial charge in [-0.25, -0.2) is 9.78 Å². The predicted octanol–water partition coefficient (Wildman–Crippen LogP) is 1.80. The van der Waals surface area contributed by atoms with Crippen LogP contribution in [-0.4, -0.2) is 48.8 Å². The van der Waals surface area contributed by atoms with Crippen molar-refractivity contribution in [3.05, 3.63) is 40.3 Å². The van der Waals surface area contributed by atoms with Gasteiger partial charge in [-0.15, -0.1) is 11.3 Å². The van der Waals surface area contributed by atoms with Crippen molar-refractivity contribution in [1.82, 2.24) is 15.2 Å². The van der Waals surface area contributed by atoms with E-state index in [9.17, 15) is 9.59 Å². The zero-order chi connectivity index (χ0) is 18.5. The van der Waals surface area contributed by atoms with E-state index >= 15 is 0 Å². The Morgan fingerprint density at radius 2 is 2.08 bits per heavy atom. The Kier molecular flexibility index (Phi) is 5.57. The summed E-state index contributed by atoms with van der Waals surface area (Å²) in [5.41, 5.74) is 0.825. The number of methoxy groups -OCH3 is 2. The number of hydrogen-bond donors (Lipinski definition) is 1. The molecule has 8 nitrogen and oxygen atoms in total. The van der Waals surface area contributed by atoms with E-state index < -0.39 is 12.1 Å². The molecule has 0 bridgehead atoms. The van der Waals surface area contributed by atoms with E-state index in [1.807, 2.05) is 17.5 Å². The number of rotatable bonds is 7. The second-order valence-corrected chi connectivity index (χ2v) is 6.56. The normalized spacial score (nSPS) is 16.3. The number of cyclic esters (lactones) is 1. The molecule has 1 aromatic heterocycles. The first kappa shape index (κ1) is 18.0. The van der Waals surface area contributed by atoms with E-state index in [1.165, 1.54) is 16.2 Å². The van der Waals surface area contributed by atoms with E-state index in [-0.39, 0.29) is 25.6 Å². The number of aromatic nitrogens is 1. The van der Waals surface area contributed by atoms with E-state index in [0.29, 0.717) is 11.5 Å². The predicted molar refractivity (Wildman–Crippen MR) is 94.2 cm³/mol. The van der Waals surface area contributed by atoms with Crippen LogP contribution in [0, 0.1) is 0 Å². The molecule has 3 rings (SSSR count). The van der Waals surface area contributed by atoms with Crippen LogP contribution < -0.4 is 14.8 Å². The van der Waals surface area contributed by atoms with Crippen LogP contribution >= 0.6 is 11.3 Å². The Labute approximate surface area is 154 Å². The third kappa shape index (κ3) is 4.05. The van der Waals surface area contributed by atoms with E-state index in [2.05, 4.69) is 10.3 Å². The van der Waals surface area contributed by atoms with Gasteiger partial charge in [0.15, 0.2) is 0 Å². The first-order valence-electron chi connectivity index (χ1n) is 7.92. The molecule has 1 atom stereocenters. The Hall–Kier alpha value is -2.81. The van der Waals surface area contributed by atoms with Crippen LogP contribution in [0.15, 0.2) is 29.8 Å². The molecule has 1 aromatic carbocycles. The largest absolute Gasteiger partial charge is 0.497 e. The van der Waals surface area contributed by atoms with Gasteiger partial charge < -0.3 is 19.5 Å². The number of nitrogens with zero attached hydrogens (tertiary/aromatic N) is 2. The number of thiazole rings is 1. The third-order valence-electron chi connectivity index (χ3n) is 3.95. The molecule has 0 radical (unpaired) electrons. The van der Waals surface area contributed by atoms with Gasteiger partial charge in [0.25, 0.3) is 0 Å². The van der Waals surface area contributed by atoms with Gasteiger partial charge in [0, 0.05) is 24.2 Å². The Morgan fingerprint density at radius 3 is 2.69 bits per heavy atom. The van der Waals surface area contributed by atoms with Gasteiger partial charge in [0.1, 0.15) is 29.2 Å². The monoisotopic (exact) mass is 377 g/mol. The molecule has 1 N–H and O–H groups in total. The van der Waals surface area contributed by atoms with E-state index in [4.69, 9.17) is 14.2 Å². The standard InChI is InChI=1S/C17H19N3O5S/c1-23-12-5-11(6-13(7-12)24-2)8-19-16(21)14-10-25-17(22)20(14)9-15-18-3-4-26-15/h3-7,14H,8-10H2,1-2H3,(H,19,21)/t14-/m0/s1. The van der Waals surface area contributed by atoms with Gasteiger partial charge >= 0.3 is 6.09 Å². The highest BCUT2D eigenvalue weighted by molar-refractivity contribution is 7.09. The van der Waals surface area contributed by atoms with E-state index in [0.717, 1.165) is 10.6 Å². The summed E-state index contributed by atoms with van der Waals surface area (Å²) in [6.07, 6.45) is 1.15. The van der Waals surface area contributed by atoms with Crippen molar-refractivity contribution in [2.24, 2.45) is 0 Å². The summed E-state index contributed by atoms with van der Waals surface area (Å²) in [6.45, 7) is 0.557. The van der Waals surface area contributed by atoms with Gasteiger partial charge in [-0.3, -0.25) is 9.69 Å². The average molecular weight is 377 g/mol. The molecule has 0 aliphatic carbocycles. The molecular formula is C17H19N3O5S. The highest BCUT2D eigenvalue weighted by Crippen LogP contribution is 2.23. The molecule has 1 fully saturated rings. The van der Waals surface area contributed by atoms with Crippen LogP contribution in [0.3, 0.4) is 0 Å². The quantitative estimate of drug-likeness (QED) is 0.791. The smallest absolute Gasteiger partial charge is 0.411 e. The molecule has 138 valence electrons. The molecular weight excluding hydrogens is 358 g/mol. The number of carbonyl (C=O) groups excluding carboxylic acids is 2. The number of amides is 2. The molecule has 9 heteroatoms. The lowest BCUT2D eigenvalue weighted by molar-refractivity contribution is -0.125. The third-order valence-corrected chi connectivity index (χ3v) is 4.71. The van der Waals surface area contributed by atoms with Gasteiger partial charge in [-0.2, -0.15) is 0 Å². The van der Waals surface area contributed by atoms with Crippen LogP contribution in [0.1, 0.15) is 10.6 Å². The minimum atomic E-state index is -0.682. The minimum Gasteiger partial charge on any atom is -0.497 e. The maximum absolute atomic E-state index is 12.5. The molecule has 2 aromatic rings. The SMILES string of the molecule is COc1cc(CNC(=O)[C@@H]2COC(=O)N2Cc2nccs2)cc(OC)c1. The molecule has 2 heterocycles. The average Bonchev–Trinajstić information content (AvgIpc) is 3.30. The van der Waals surface area contributed by atoms with Crippen molar-refractivity contribution in [1.29, 1.82) is 0 Å². The van der Waals surface area contributed by atoms with Crippen molar-refractivity contribution in [3.63, 3.8) is 0 Å². The summed E-state index contributed by atoms with van der Waals surface area (Å²) >= 11 is 1.42. The summed E-state index contributed by atoms with van der Waals surface area (Å²) in [7, 11) is 3.13. The first-order valence-corrected chi connectivity index (χ1v) is 8.80. The lowest BCUT2D eigenvalue weighted by Crippen LogP contribution is -2.45. The first-order chi connectivity index (χ1) is 12.6. The zero-order valence-corrected chi connectivity index (χ0v) is 15.2. The van der Waals surface area contributed by atoms with Gasteiger partial charge in [0.2, 0.25) is 5.91 Å². The molecule has 2 amide bonds. The maximum atomic E-state index is 12.5. The van der Waals surface area contributed by atoms with Gasteiger partial charge in [0.05, 0.1) is 20.8 Å². The molecule has 1 saturated heterocycles. The summed E-state index contributed by atoms with van der Waals surface area (Å²) in [6, 6.07) is 4.70. The Balaban J connectivity index is 1.64. The second kappa shape index (κ2) is 8.05. The number of benzene rings is 1. The second-order valence-electron chi connectivity index (χ2n) is 5.59. The van der Waals surface area contributed by atoms with Crippen LogP contribution in [0.4, 0.5) is 4.79 Å². The number of nitrogens with one attached hydrogen (secondary N) is 1. The van der Waals surface area contributed by atoms with Crippen molar-refractivity contribution in [2.45, 2.75) is 19.1 Å². The van der Waals surface area contributed by atoms with E-state index in [1.54, 1.807) is 26.5 Å². The summed E-state index contributed by atoms with van der Waals surface area (Å²) in [5.74, 6) is 0.992. The highest BCUT2D eigenvalue weighted by atomic mass is 32.1. The number of carbonyl (C=O) groups is 2. The van der Waals surface area contributed by atoms with Gasteiger partial charge in [-0.05, 0) is 17.7 Å². The van der Waals surface area contributed by atoms with Crippen LogP contribution in [0.2, 0.25) is 0 Å². The van der Waals surface area contributed by atoms with Crippen molar-refractivity contribution < 1.29 is 23.8 Å². The molecule has 0 spiro atoms. The van der Waals surface area contributed by atoms with Crippen molar-refractivity contribution >= 4 is 23.3 Å². The van der Waals surface area contributed by atoms with Crippen LogP contribution in [0.5, 0.6) is 11.5 Å². The zero-order valence-electron chi connectivity index (χ0n) is 14.4. The lowest BCUT2D eigenvalue weighted by atomic mass is 10.2. The lowest BCUT2D eigenvalue weighted by Gasteiger charge is -2.19. The molecule has 1 aliphatic heterocycles. The molecule has 0 unspecified atom stereocenters. The Morgan fingerprint density at radius 1 is 1.35 bits per heavy atom.